The molecule has 0 bridgehead atoms. The molecule has 0 aromatic heterocycles. The van der Waals surface area contributed by atoms with E-state index in [9.17, 15) is 4.39 Å². The first-order valence-corrected chi connectivity index (χ1v) is 5.07. The predicted molar refractivity (Wildman–Crippen MR) is 55.9 cm³/mol. The zero-order chi connectivity index (χ0) is 9.14. The van der Waals surface area contributed by atoms with Crippen molar-refractivity contribution in [3.63, 3.8) is 0 Å². The van der Waals surface area contributed by atoms with Crippen LogP contribution in [0.25, 0.3) is 0 Å². The minimum atomic E-state index is -0.435. The maximum absolute atomic E-state index is 12.3. The van der Waals surface area contributed by atoms with Gasteiger partial charge in [-0.1, -0.05) is 31.9 Å². The molecule has 1 aromatic rings. The van der Waals surface area contributed by atoms with E-state index >= 15 is 0 Å². The van der Waals surface area contributed by atoms with E-state index in [4.69, 9.17) is 0 Å². The molecule has 0 saturated heterocycles. The van der Waals surface area contributed by atoms with Crippen molar-refractivity contribution >= 4 is 31.9 Å². The molecule has 1 atom stereocenters. The van der Waals surface area contributed by atoms with Gasteiger partial charge in [0.2, 0.25) is 0 Å². The molecule has 0 aliphatic rings. The van der Waals surface area contributed by atoms with Gasteiger partial charge in [-0.05, 0) is 30.7 Å². The smallest absolute Gasteiger partial charge is 0.0963 e. The fraction of sp³-hybridized carbons (Fsp3) is 0.222. The summed E-state index contributed by atoms with van der Waals surface area (Å²) >= 11 is 6.67. The molecule has 0 aliphatic heterocycles. The van der Waals surface area contributed by atoms with Gasteiger partial charge in [-0.2, -0.15) is 0 Å². The number of benzene rings is 1. The van der Waals surface area contributed by atoms with Crippen molar-refractivity contribution in [2.45, 2.75) is 5.92 Å². The highest BCUT2D eigenvalue weighted by atomic mass is 79.9. The Bertz CT molecular complexity index is 273. The highest BCUT2D eigenvalue weighted by Crippen LogP contribution is 2.27. The summed E-state index contributed by atoms with van der Waals surface area (Å²) in [6, 6.07) is 5.66. The summed E-state index contributed by atoms with van der Waals surface area (Å²) in [7, 11) is 0. The molecule has 0 saturated carbocycles. The van der Waals surface area contributed by atoms with Crippen LogP contribution in [0.2, 0.25) is 0 Å². The molecule has 0 amide bonds. The van der Waals surface area contributed by atoms with Crippen LogP contribution in [0.15, 0.2) is 27.1 Å². The molecular formula is C9H8Br2F. The van der Waals surface area contributed by atoms with Gasteiger partial charge in [0.1, 0.15) is 0 Å². The molecule has 1 radical (unpaired) electrons. The lowest BCUT2D eigenvalue weighted by Gasteiger charge is -2.09. The zero-order valence-electron chi connectivity index (χ0n) is 6.36. The van der Waals surface area contributed by atoms with E-state index in [2.05, 4.69) is 38.8 Å². The Morgan fingerprint density at radius 2 is 2.08 bits per heavy atom. The molecule has 1 unspecified atom stereocenters. The zero-order valence-corrected chi connectivity index (χ0v) is 9.53. The van der Waals surface area contributed by atoms with Gasteiger partial charge in [-0.25, -0.2) is 0 Å². The predicted octanol–water partition coefficient (Wildman–Crippen LogP) is 4.10. The quantitative estimate of drug-likeness (QED) is 0.770. The van der Waals surface area contributed by atoms with Gasteiger partial charge in [0.25, 0.3) is 0 Å². The van der Waals surface area contributed by atoms with Crippen molar-refractivity contribution in [1.29, 1.82) is 0 Å². The fourth-order valence-electron chi connectivity index (χ4n) is 0.911. The lowest BCUT2D eigenvalue weighted by atomic mass is 10.0. The standard InChI is InChI=1S/C9H8Br2F/c1-6(5-12)8-4-7(10)2-3-9(8)11/h2-4,6H,1,5H2. The maximum atomic E-state index is 12.3. The van der Waals surface area contributed by atoms with Gasteiger partial charge in [0.05, 0.1) is 6.67 Å². The summed E-state index contributed by atoms with van der Waals surface area (Å²) in [5.74, 6) is -0.295. The maximum Gasteiger partial charge on any atom is 0.0963 e. The lowest BCUT2D eigenvalue weighted by Crippen LogP contribution is -1.96. The van der Waals surface area contributed by atoms with Gasteiger partial charge < -0.3 is 0 Å². The molecule has 65 valence electrons. The first kappa shape index (κ1) is 10.2. The molecule has 0 spiro atoms. The van der Waals surface area contributed by atoms with Crippen LogP contribution in [0.4, 0.5) is 4.39 Å². The number of halogens is 3. The topological polar surface area (TPSA) is 0 Å². The van der Waals surface area contributed by atoms with Crippen LogP contribution in [0.5, 0.6) is 0 Å². The fourth-order valence-corrected chi connectivity index (χ4v) is 1.86. The lowest BCUT2D eigenvalue weighted by molar-refractivity contribution is 0.464. The van der Waals surface area contributed by atoms with Crippen molar-refractivity contribution in [3.05, 3.63) is 39.6 Å². The molecule has 0 heterocycles. The molecule has 0 aliphatic carbocycles. The Balaban J connectivity index is 3.04. The van der Waals surface area contributed by atoms with Gasteiger partial charge in [0.15, 0.2) is 0 Å². The van der Waals surface area contributed by atoms with Crippen LogP contribution < -0.4 is 0 Å². The number of alkyl halides is 1. The summed E-state index contributed by atoms with van der Waals surface area (Å²) in [6.45, 7) is 3.27. The summed E-state index contributed by atoms with van der Waals surface area (Å²) < 4.78 is 14.1. The van der Waals surface area contributed by atoms with Crippen molar-refractivity contribution < 1.29 is 4.39 Å². The molecule has 1 aromatic carbocycles. The van der Waals surface area contributed by atoms with Crippen molar-refractivity contribution in [2.75, 3.05) is 6.67 Å². The SMILES string of the molecule is [CH2]C(CF)c1cc(Br)ccc1Br. The first-order valence-electron chi connectivity index (χ1n) is 3.49. The van der Waals surface area contributed by atoms with E-state index in [1.165, 1.54) is 0 Å². The summed E-state index contributed by atoms with van der Waals surface area (Å²) in [5.41, 5.74) is 0.895. The van der Waals surface area contributed by atoms with E-state index in [0.29, 0.717) is 0 Å². The van der Waals surface area contributed by atoms with E-state index in [-0.39, 0.29) is 5.92 Å². The third kappa shape index (κ3) is 2.30. The minimum Gasteiger partial charge on any atom is -0.250 e. The third-order valence-corrected chi connectivity index (χ3v) is 2.80. The molecule has 12 heavy (non-hydrogen) atoms. The Kier molecular flexibility index (Phi) is 3.72. The van der Waals surface area contributed by atoms with E-state index in [0.717, 1.165) is 14.5 Å². The van der Waals surface area contributed by atoms with Gasteiger partial charge in [-0.3, -0.25) is 4.39 Å². The molecule has 0 nitrogen and oxygen atoms in total. The Morgan fingerprint density at radius 3 is 2.67 bits per heavy atom. The van der Waals surface area contributed by atoms with Crippen LogP contribution in [-0.2, 0) is 0 Å². The van der Waals surface area contributed by atoms with Crippen LogP contribution in [0, 0.1) is 6.92 Å². The highest BCUT2D eigenvalue weighted by molar-refractivity contribution is 9.11. The second kappa shape index (κ2) is 4.38. The van der Waals surface area contributed by atoms with Crippen LogP contribution >= 0.6 is 31.9 Å². The Morgan fingerprint density at radius 1 is 1.42 bits per heavy atom. The molecule has 0 N–H and O–H groups in total. The summed E-state index contributed by atoms with van der Waals surface area (Å²) in [5, 5.41) is 0. The van der Waals surface area contributed by atoms with Crippen molar-refractivity contribution in [1.82, 2.24) is 0 Å². The molecule has 1 rings (SSSR count). The minimum absolute atomic E-state index is 0.295. The average Bonchev–Trinajstić information content (AvgIpc) is 2.08. The second-order valence-corrected chi connectivity index (χ2v) is 4.29. The Hall–Kier alpha value is 0.110. The number of rotatable bonds is 2. The normalized spacial score (nSPS) is 13.0. The van der Waals surface area contributed by atoms with Gasteiger partial charge in [0, 0.05) is 14.9 Å². The first-order chi connectivity index (χ1) is 5.65. The second-order valence-electron chi connectivity index (χ2n) is 2.52. The molecular weight excluding hydrogens is 287 g/mol. The Labute approximate surface area is 88.4 Å². The van der Waals surface area contributed by atoms with Crippen LogP contribution in [-0.4, -0.2) is 6.67 Å². The number of hydrogen-bond acceptors (Lipinski definition) is 0. The number of hydrogen-bond donors (Lipinski definition) is 0. The monoisotopic (exact) mass is 293 g/mol. The van der Waals surface area contributed by atoms with Crippen molar-refractivity contribution in [2.24, 2.45) is 0 Å². The third-order valence-electron chi connectivity index (χ3n) is 1.58. The van der Waals surface area contributed by atoms with Crippen LogP contribution in [0.1, 0.15) is 11.5 Å². The summed E-state index contributed by atoms with van der Waals surface area (Å²) in [4.78, 5) is 0. The molecule has 3 heteroatoms. The van der Waals surface area contributed by atoms with Gasteiger partial charge in [-0.15, -0.1) is 0 Å². The average molecular weight is 295 g/mol. The summed E-state index contributed by atoms with van der Waals surface area (Å²) in [6.07, 6.45) is 0. The highest BCUT2D eigenvalue weighted by Gasteiger charge is 2.08. The van der Waals surface area contributed by atoms with E-state index in [1.807, 2.05) is 18.2 Å². The van der Waals surface area contributed by atoms with E-state index in [1.54, 1.807) is 0 Å². The molecule has 0 fully saturated rings. The van der Waals surface area contributed by atoms with Gasteiger partial charge >= 0.3 is 0 Å². The van der Waals surface area contributed by atoms with Crippen molar-refractivity contribution in [3.8, 4) is 0 Å². The van der Waals surface area contributed by atoms with Crippen LogP contribution in [0.3, 0.4) is 0 Å². The largest absolute Gasteiger partial charge is 0.250 e. The van der Waals surface area contributed by atoms with E-state index < -0.39 is 6.67 Å².